The lowest BCUT2D eigenvalue weighted by Crippen LogP contribution is -2.32. The van der Waals surface area contributed by atoms with E-state index in [4.69, 9.17) is 0 Å². The van der Waals surface area contributed by atoms with E-state index in [1.807, 2.05) is 12.3 Å². The van der Waals surface area contributed by atoms with Crippen molar-refractivity contribution < 1.29 is 0 Å². The molecule has 2 nitrogen and oxygen atoms in total. The average Bonchev–Trinajstić information content (AvgIpc) is 2.81. The highest BCUT2D eigenvalue weighted by atomic mass is 79.9. The van der Waals surface area contributed by atoms with Gasteiger partial charge in [-0.25, -0.2) is 4.98 Å². The van der Waals surface area contributed by atoms with Gasteiger partial charge in [-0.3, -0.25) is 0 Å². The third kappa shape index (κ3) is 2.15. The van der Waals surface area contributed by atoms with E-state index in [2.05, 4.69) is 63.2 Å². The molecule has 92 valence electrons. The molecule has 3 heteroatoms. The van der Waals surface area contributed by atoms with Crippen LogP contribution in [0.5, 0.6) is 0 Å². The molecule has 1 aliphatic carbocycles. The van der Waals surface area contributed by atoms with Gasteiger partial charge in [-0.15, -0.1) is 0 Å². The van der Waals surface area contributed by atoms with Crippen molar-refractivity contribution in [2.24, 2.45) is 0 Å². The molecule has 2 aromatic rings. The highest BCUT2D eigenvalue weighted by Crippen LogP contribution is 2.27. The molecule has 0 amide bonds. The zero-order valence-electron chi connectivity index (χ0n) is 10.3. The Morgan fingerprint density at radius 3 is 2.44 bits per heavy atom. The molecule has 3 rings (SSSR count). The fourth-order valence-corrected chi connectivity index (χ4v) is 2.91. The molecule has 0 aliphatic heterocycles. The maximum absolute atomic E-state index is 4.44. The number of hydrogen-bond acceptors (Lipinski definition) is 2. The van der Waals surface area contributed by atoms with Crippen molar-refractivity contribution in [2.45, 2.75) is 18.9 Å². The first-order valence-corrected chi connectivity index (χ1v) is 6.94. The van der Waals surface area contributed by atoms with E-state index in [1.54, 1.807) is 0 Å². The Hall–Kier alpha value is -1.35. The summed E-state index contributed by atoms with van der Waals surface area (Å²) in [6.07, 6.45) is 4.07. The van der Waals surface area contributed by atoms with Crippen molar-refractivity contribution in [1.82, 2.24) is 4.98 Å². The summed E-state index contributed by atoms with van der Waals surface area (Å²) in [5.74, 6) is 1.03. The third-order valence-electron chi connectivity index (χ3n) is 3.65. The first-order valence-electron chi connectivity index (χ1n) is 6.15. The van der Waals surface area contributed by atoms with Crippen LogP contribution < -0.4 is 4.90 Å². The smallest absolute Gasteiger partial charge is 0.129 e. The van der Waals surface area contributed by atoms with Crippen LogP contribution in [0, 0.1) is 0 Å². The van der Waals surface area contributed by atoms with Gasteiger partial charge in [0.05, 0.1) is 0 Å². The first-order chi connectivity index (χ1) is 8.74. The van der Waals surface area contributed by atoms with Crippen LogP contribution in [-0.4, -0.2) is 18.1 Å². The maximum atomic E-state index is 4.44. The minimum atomic E-state index is 0.518. The van der Waals surface area contributed by atoms with Gasteiger partial charge < -0.3 is 4.90 Å². The summed E-state index contributed by atoms with van der Waals surface area (Å²) in [4.78, 5) is 6.73. The second-order valence-electron chi connectivity index (χ2n) is 4.77. The number of fused-ring (bicyclic) bond motifs is 1. The summed E-state index contributed by atoms with van der Waals surface area (Å²) < 4.78 is 1.08. The number of hydrogen-bond donors (Lipinski definition) is 0. The molecule has 0 spiro atoms. The Morgan fingerprint density at radius 2 is 1.83 bits per heavy atom. The number of rotatable bonds is 2. The van der Waals surface area contributed by atoms with Crippen LogP contribution in [0.4, 0.5) is 5.82 Å². The second kappa shape index (κ2) is 4.73. The van der Waals surface area contributed by atoms with Crippen molar-refractivity contribution in [3.05, 3.63) is 58.2 Å². The highest BCUT2D eigenvalue weighted by Gasteiger charge is 2.25. The Labute approximate surface area is 116 Å². The summed E-state index contributed by atoms with van der Waals surface area (Å²) >= 11 is 3.50. The van der Waals surface area contributed by atoms with E-state index in [1.165, 1.54) is 11.1 Å². The number of anilines is 1. The van der Waals surface area contributed by atoms with Crippen LogP contribution >= 0.6 is 15.9 Å². The standard InChI is InChI=1S/C15H15BrN2/c1-18(15-10-13(16)6-7-17-15)14-8-11-4-2-3-5-12(11)9-14/h2-7,10,14H,8-9H2,1H3. The van der Waals surface area contributed by atoms with Crippen molar-refractivity contribution in [3.63, 3.8) is 0 Å². The number of aromatic nitrogens is 1. The molecule has 0 atom stereocenters. The number of benzene rings is 1. The van der Waals surface area contributed by atoms with Crippen LogP contribution in [0.1, 0.15) is 11.1 Å². The Bertz CT molecular complexity index is 543. The average molecular weight is 303 g/mol. The molecule has 0 saturated heterocycles. The lowest BCUT2D eigenvalue weighted by molar-refractivity contribution is 0.659. The monoisotopic (exact) mass is 302 g/mol. The molecule has 1 aromatic carbocycles. The largest absolute Gasteiger partial charge is 0.356 e. The van der Waals surface area contributed by atoms with Gasteiger partial charge in [0.2, 0.25) is 0 Å². The molecule has 1 heterocycles. The van der Waals surface area contributed by atoms with E-state index >= 15 is 0 Å². The van der Waals surface area contributed by atoms with Gasteiger partial charge in [0, 0.05) is 23.8 Å². The molecular weight excluding hydrogens is 288 g/mol. The van der Waals surface area contributed by atoms with Crippen molar-refractivity contribution in [1.29, 1.82) is 0 Å². The third-order valence-corrected chi connectivity index (χ3v) is 4.14. The van der Waals surface area contributed by atoms with Crippen molar-refractivity contribution in [2.75, 3.05) is 11.9 Å². The van der Waals surface area contributed by atoms with Gasteiger partial charge in [-0.2, -0.15) is 0 Å². The van der Waals surface area contributed by atoms with Gasteiger partial charge in [0.15, 0.2) is 0 Å². The van der Waals surface area contributed by atoms with E-state index in [0.717, 1.165) is 23.1 Å². The summed E-state index contributed by atoms with van der Waals surface area (Å²) in [5.41, 5.74) is 2.95. The number of halogens is 1. The first kappa shape index (κ1) is 11.7. The Balaban J connectivity index is 1.82. The summed E-state index contributed by atoms with van der Waals surface area (Å²) in [5, 5.41) is 0. The molecule has 0 saturated carbocycles. The number of likely N-dealkylation sites (N-methyl/N-ethyl adjacent to an activating group) is 1. The lowest BCUT2D eigenvalue weighted by Gasteiger charge is -2.25. The Kier molecular flexibility index (Phi) is 3.08. The SMILES string of the molecule is CN(c1cc(Br)ccn1)C1Cc2ccccc2C1. The predicted molar refractivity (Wildman–Crippen MR) is 78.0 cm³/mol. The molecule has 0 unspecified atom stereocenters. The van der Waals surface area contributed by atoms with Crippen LogP contribution in [0.25, 0.3) is 0 Å². The van der Waals surface area contributed by atoms with Gasteiger partial charge in [0.1, 0.15) is 5.82 Å². The molecule has 0 N–H and O–H groups in total. The molecule has 0 bridgehead atoms. The predicted octanol–water partition coefficient (Wildman–Crippen LogP) is 3.45. The molecular formula is C15H15BrN2. The van der Waals surface area contributed by atoms with Gasteiger partial charge in [-0.1, -0.05) is 40.2 Å². The van der Waals surface area contributed by atoms with Gasteiger partial charge >= 0.3 is 0 Å². The van der Waals surface area contributed by atoms with E-state index in [-0.39, 0.29) is 0 Å². The van der Waals surface area contributed by atoms with Crippen LogP contribution in [0.2, 0.25) is 0 Å². The van der Waals surface area contributed by atoms with Crippen LogP contribution in [-0.2, 0) is 12.8 Å². The van der Waals surface area contributed by atoms with Gasteiger partial charge in [-0.05, 0) is 36.1 Å². The number of nitrogens with zero attached hydrogens (tertiary/aromatic N) is 2. The van der Waals surface area contributed by atoms with Crippen LogP contribution in [0.15, 0.2) is 47.1 Å². The fraction of sp³-hybridized carbons (Fsp3) is 0.267. The van der Waals surface area contributed by atoms with E-state index in [0.29, 0.717) is 6.04 Å². The molecule has 0 fully saturated rings. The topological polar surface area (TPSA) is 16.1 Å². The minimum absolute atomic E-state index is 0.518. The summed E-state index contributed by atoms with van der Waals surface area (Å²) in [7, 11) is 2.13. The molecule has 1 aliphatic rings. The summed E-state index contributed by atoms with van der Waals surface area (Å²) in [6, 6.07) is 13.3. The summed E-state index contributed by atoms with van der Waals surface area (Å²) in [6.45, 7) is 0. The van der Waals surface area contributed by atoms with Gasteiger partial charge in [0.25, 0.3) is 0 Å². The quantitative estimate of drug-likeness (QED) is 0.845. The molecule has 18 heavy (non-hydrogen) atoms. The van der Waals surface area contributed by atoms with Crippen LogP contribution in [0.3, 0.4) is 0 Å². The zero-order valence-corrected chi connectivity index (χ0v) is 11.9. The maximum Gasteiger partial charge on any atom is 0.129 e. The van der Waals surface area contributed by atoms with Crippen molar-refractivity contribution >= 4 is 21.7 Å². The normalized spacial score (nSPS) is 14.6. The number of pyridine rings is 1. The van der Waals surface area contributed by atoms with Crippen molar-refractivity contribution in [3.8, 4) is 0 Å². The van der Waals surface area contributed by atoms with E-state index in [9.17, 15) is 0 Å². The fourth-order valence-electron chi connectivity index (χ4n) is 2.58. The lowest BCUT2D eigenvalue weighted by atomic mass is 10.1. The minimum Gasteiger partial charge on any atom is -0.356 e. The zero-order chi connectivity index (χ0) is 12.5. The molecule has 1 aromatic heterocycles. The Morgan fingerprint density at radius 1 is 1.17 bits per heavy atom. The van der Waals surface area contributed by atoms with E-state index < -0.39 is 0 Å². The second-order valence-corrected chi connectivity index (χ2v) is 5.69. The highest BCUT2D eigenvalue weighted by molar-refractivity contribution is 9.10. The molecule has 0 radical (unpaired) electrons.